The molecule has 2 atom stereocenters. The van der Waals surface area contributed by atoms with E-state index in [1.165, 1.54) is 6.42 Å². The first-order valence-corrected chi connectivity index (χ1v) is 6.75. The molecule has 1 aromatic carbocycles. The Morgan fingerprint density at radius 3 is 2.67 bits per heavy atom. The molecular weight excluding hydrogens is 248 g/mol. The van der Waals surface area contributed by atoms with Crippen LogP contribution in [0.3, 0.4) is 0 Å². The number of aliphatic hydroxyl groups excluding tert-OH is 1. The van der Waals surface area contributed by atoms with Gasteiger partial charge in [-0.05, 0) is 45.1 Å². The van der Waals surface area contributed by atoms with Gasteiger partial charge in [-0.1, -0.05) is 17.7 Å². The van der Waals surface area contributed by atoms with Crippen molar-refractivity contribution in [2.45, 2.75) is 25.5 Å². The number of hydrogen-bond donors (Lipinski definition) is 1. The molecule has 0 saturated carbocycles. The molecule has 0 aromatic heterocycles. The van der Waals surface area contributed by atoms with E-state index in [-0.39, 0.29) is 0 Å². The lowest BCUT2D eigenvalue weighted by atomic mass is 10.1. The lowest BCUT2D eigenvalue weighted by molar-refractivity contribution is 0.199. The van der Waals surface area contributed by atoms with E-state index < -0.39 is 6.10 Å². The van der Waals surface area contributed by atoms with Crippen molar-refractivity contribution in [1.82, 2.24) is 4.90 Å². The molecule has 1 N–H and O–H groups in total. The van der Waals surface area contributed by atoms with Crippen LogP contribution >= 0.6 is 11.6 Å². The van der Waals surface area contributed by atoms with Crippen LogP contribution in [0.4, 0.5) is 5.69 Å². The number of halogens is 1. The highest BCUT2D eigenvalue weighted by molar-refractivity contribution is 6.33. The maximum atomic E-state index is 9.54. The van der Waals surface area contributed by atoms with Crippen molar-refractivity contribution >= 4 is 17.3 Å². The monoisotopic (exact) mass is 268 g/mol. The molecule has 3 nitrogen and oxygen atoms in total. The normalized spacial score (nSPS) is 21.7. The molecule has 1 heterocycles. The average Bonchev–Trinajstić information content (AvgIpc) is 2.78. The van der Waals surface area contributed by atoms with Crippen LogP contribution in [0.15, 0.2) is 18.2 Å². The summed E-state index contributed by atoms with van der Waals surface area (Å²) in [4.78, 5) is 4.58. The topological polar surface area (TPSA) is 26.7 Å². The molecule has 18 heavy (non-hydrogen) atoms. The van der Waals surface area contributed by atoms with Crippen molar-refractivity contribution in [3.05, 3.63) is 28.8 Å². The van der Waals surface area contributed by atoms with Gasteiger partial charge in [0.05, 0.1) is 16.8 Å². The number of benzene rings is 1. The maximum Gasteiger partial charge on any atom is 0.0762 e. The number of rotatable bonds is 3. The van der Waals surface area contributed by atoms with E-state index in [1.54, 1.807) is 6.92 Å². The van der Waals surface area contributed by atoms with Gasteiger partial charge in [0.15, 0.2) is 0 Å². The third-order valence-corrected chi connectivity index (χ3v) is 3.99. The first-order valence-electron chi connectivity index (χ1n) is 6.38. The molecule has 1 aliphatic rings. The first-order chi connectivity index (χ1) is 8.49. The molecule has 100 valence electrons. The minimum atomic E-state index is -0.468. The Bertz CT molecular complexity index is 420. The second kappa shape index (κ2) is 5.47. The third-order valence-electron chi connectivity index (χ3n) is 3.69. The summed E-state index contributed by atoms with van der Waals surface area (Å²) in [6.45, 7) is 3.81. The number of aliphatic hydroxyl groups is 1. The number of likely N-dealkylation sites (N-methyl/N-ethyl adjacent to an activating group) is 1. The van der Waals surface area contributed by atoms with Gasteiger partial charge in [-0.3, -0.25) is 0 Å². The smallest absolute Gasteiger partial charge is 0.0762 e. The highest BCUT2D eigenvalue weighted by atomic mass is 35.5. The lowest BCUT2D eigenvalue weighted by Crippen LogP contribution is -2.31. The van der Waals surface area contributed by atoms with Crippen LogP contribution in [0.2, 0.25) is 5.02 Å². The van der Waals surface area contributed by atoms with Gasteiger partial charge < -0.3 is 14.9 Å². The Kier molecular flexibility index (Phi) is 4.15. The highest BCUT2D eigenvalue weighted by Gasteiger charge is 2.25. The molecule has 4 heteroatoms. The van der Waals surface area contributed by atoms with Gasteiger partial charge >= 0.3 is 0 Å². The summed E-state index contributed by atoms with van der Waals surface area (Å²) in [6, 6.07) is 6.43. The SMILES string of the molecule is C[C@H](O)c1ccc(N2CCC(N(C)C)C2)c(Cl)c1. The van der Waals surface area contributed by atoms with Crippen molar-refractivity contribution in [1.29, 1.82) is 0 Å². The first kappa shape index (κ1) is 13.7. The van der Waals surface area contributed by atoms with E-state index in [1.807, 2.05) is 18.2 Å². The summed E-state index contributed by atoms with van der Waals surface area (Å²) < 4.78 is 0. The van der Waals surface area contributed by atoms with E-state index >= 15 is 0 Å². The Morgan fingerprint density at radius 1 is 1.44 bits per heavy atom. The average molecular weight is 269 g/mol. The van der Waals surface area contributed by atoms with Gasteiger partial charge in [-0.2, -0.15) is 0 Å². The number of nitrogens with zero attached hydrogens (tertiary/aromatic N) is 2. The van der Waals surface area contributed by atoms with E-state index in [0.29, 0.717) is 6.04 Å². The third kappa shape index (κ3) is 2.79. The van der Waals surface area contributed by atoms with Crippen LogP contribution in [0.5, 0.6) is 0 Å². The van der Waals surface area contributed by atoms with Crippen molar-refractivity contribution in [3.63, 3.8) is 0 Å². The minimum Gasteiger partial charge on any atom is -0.389 e. The predicted molar refractivity (Wildman–Crippen MR) is 76.4 cm³/mol. The zero-order chi connectivity index (χ0) is 13.3. The fraction of sp³-hybridized carbons (Fsp3) is 0.571. The summed E-state index contributed by atoms with van der Waals surface area (Å²) in [6.07, 6.45) is 0.700. The summed E-state index contributed by atoms with van der Waals surface area (Å²) in [7, 11) is 4.23. The van der Waals surface area contributed by atoms with Crippen molar-refractivity contribution in [2.24, 2.45) is 0 Å². The summed E-state index contributed by atoms with van der Waals surface area (Å²) in [5.74, 6) is 0. The zero-order valence-electron chi connectivity index (χ0n) is 11.2. The summed E-state index contributed by atoms with van der Waals surface area (Å²) >= 11 is 6.31. The van der Waals surface area contributed by atoms with E-state index in [9.17, 15) is 5.11 Å². The summed E-state index contributed by atoms with van der Waals surface area (Å²) in [5, 5.41) is 10.3. The van der Waals surface area contributed by atoms with Crippen LogP contribution < -0.4 is 4.90 Å². The van der Waals surface area contributed by atoms with Crippen molar-refractivity contribution in [2.75, 3.05) is 32.1 Å². The second-order valence-corrected chi connectivity index (χ2v) is 5.65. The van der Waals surface area contributed by atoms with E-state index in [4.69, 9.17) is 11.6 Å². The van der Waals surface area contributed by atoms with Crippen molar-refractivity contribution in [3.8, 4) is 0 Å². The molecular formula is C14H21ClN2O. The van der Waals surface area contributed by atoms with Gasteiger partial charge in [0, 0.05) is 19.1 Å². The Balaban J connectivity index is 2.15. The standard InChI is InChI=1S/C14H21ClN2O/c1-10(18)11-4-5-14(13(15)8-11)17-7-6-12(9-17)16(2)3/h4-5,8,10,12,18H,6-7,9H2,1-3H3/t10-,12?/m0/s1. The fourth-order valence-electron chi connectivity index (χ4n) is 2.42. The zero-order valence-corrected chi connectivity index (χ0v) is 12.0. The molecule has 0 amide bonds. The lowest BCUT2D eigenvalue weighted by Gasteiger charge is -2.23. The van der Waals surface area contributed by atoms with Crippen molar-refractivity contribution < 1.29 is 5.11 Å². The van der Waals surface area contributed by atoms with Crippen LogP contribution in [-0.4, -0.2) is 43.2 Å². The largest absolute Gasteiger partial charge is 0.389 e. The van der Waals surface area contributed by atoms with Crippen LogP contribution in [0.1, 0.15) is 25.0 Å². The Morgan fingerprint density at radius 2 is 2.17 bits per heavy atom. The molecule has 1 aliphatic heterocycles. The second-order valence-electron chi connectivity index (χ2n) is 5.24. The summed E-state index contributed by atoms with van der Waals surface area (Å²) in [5.41, 5.74) is 1.94. The molecule has 0 spiro atoms. The molecule has 2 rings (SSSR count). The maximum absolute atomic E-state index is 9.54. The van der Waals surface area contributed by atoms with Gasteiger partial charge in [0.25, 0.3) is 0 Å². The fourth-order valence-corrected chi connectivity index (χ4v) is 2.73. The van der Waals surface area contributed by atoms with Gasteiger partial charge in [-0.15, -0.1) is 0 Å². The van der Waals surface area contributed by atoms with E-state index in [2.05, 4.69) is 23.9 Å². The van der Waals surface area contributed by atoms with Crippen LogP contribution in [0.25, 0.3) is 0 Å². The molecule has 1 saturated heterocycles. The highest BCUT2D eigenvalue weighted by Crippen LogP contribution is 2.31. The van der Waals surface area contributed by atoms with Gasteiger partial charge in [-0.25, -0.2) is 0 Å². The molecule has 0 bridgehead atoms. The Hall–Kier alpha value is -0.770. The van der Waals surface area contributed by atoms with Gasteiger partial charge in [0.1, 0.15) is 0 Å². The predicted octanol–water partition coefficient (Wildman–Crippen LogP) is 2.53. The molecule has 0 radical (unpaired) electrons. The molecule has 1 fully saturated rings. The molecule has 1 aromatic rings. The number of hydrogen-bond acceptors (Lipinski definition) is 3. The quantitative estimate of drug-likeness (QED) is 0.913. The molecule has 0 aliphatic carbocycles. The van der Waals surface area contributed by atoms with E-state index in [0.717, 1.165) is 29.4 Å². The van der Waals surface area contributed by atoms with Crippen LogP contribution in [0, 0.1) is 0 Å². The molecule has 1 unspecified atom stereocenters. The minimum absolute atomic E-state index is 0.468. The number of anilines is 1. The Labute approximate surface area is 114 Å². The van der Waals surface area contributed by atoms with Crippen LogP contribution in [-0.2, 0) is 0 Å². The van der Waals surface area contributed by atoms with Gasteiger partial charge in [0.2, 0.25) is 0 Å².